The molecule has 1 amide bonds. The van der Waals surface area contributed by atoms with Crippen LogP contribution in [-0.4, -0.2) is 25.5 Å². The number of alkyl halides is 2. The summed E-state index contributed by atoms with van der Waals surface area (Å²) in [5, 5.41) is 11.1. The lowest BCUT2D eigenvalue weighted by molar-refractivity contribution is -0.117. The van der Waals surface area contributed by atoms with Crippen LogP contribution in [0.15, 0.2) is 33.2 Å². The largest absolute Gasteiger partial charge is 0.324 e. The zero-order chi connectivity index (χ0) is 21.3. The summed E-state index contributed by atoms with van der Waals surface area (Å²) in [5.41, 5.74) is 3.62. The Hall–Kier alpha value is -2.07. The van der Waals surface area contributed by atoms with Crippen LogP contribution < -0.4 is 5.32 Å². The number of hydrogen-bond acceptors (Lipinski definition) is 3. The minimum Gasteiger partial charge on any atom is -0.324 e. The number of nitrogens with zero attached hydrogens (tertiary/aromatic N) is 4. The van der Waals surface area contributed by atoms with E-state index in [-0.39, 0.29) is 22.6 Å². The van der Waals surface area contributed by atoms with Crippen LogP contribution in [-0.2, 0) is 17.9 Å². The van der Waals surface area contributed by atoms with Crippen LogP contribution in [0.25, 0.3) is 0 Å². The van der Waals surface area contributed by atoms with E-state index in [0.717, 1.165) is 21.4 Å². The highest BCUT2D eigenvalue weighted by atomic mass is 79.9. The Balaban J connectivity index is 1.71. The van der Waals surface area contributed by atoms with Gasteiger partial charge in [-0.15, -0.1) is 0 Å². The summed E-state index contributed by atoms with van der Waals surface area (Å²) in [7, 11) is 0. The molecule has 0 atom stereocenters. The van der Waals surface area contributed by atoms with E-state index in [1.54, 1.807) is 13.0 Å². The Morgan fingerprint density at radius 1 is 1.10 bits per heavy atom. The first-order valence-electron chi connectivity index (χ1n) is 8.76. The van der Waals surface area contributed by atoms with Crippen LogP contribution in [0, 0.1) is 20.8 Å². The van der Waals surface area contributed by atoms with E-state index in [9.17, 15) is 13.6 Å². The predicted octanol–water partition coefficient (Wildman–Crippen LogP) is 5.15. The number of hydrogen-bond donors (Lipinski definition) is 1. The quantitative estimate of drug-likeness (QED) is 0.479. The Morgan fingerprint density at radius 3 is 2.38 bits per heavy atom. The van der Waals surface area contributed by atoms with E-state index in [4.69, 9.17) is 0 Å². The van der Waals surface area contributed by atoms with E-state index in [1.165, 1.54) is 4.68 Å². The fourth-order valence-electron chi connectivity index (χ4n) is 2.93. The molecule has 2 aromatic heterocycles. The summed E-state index contributed by atoms with van der Waals surface area (Å²) in [4.78, 5) is 12.4. The maximum atomic E-state index is 13.0. The van der Waals surface area contributed by atoms with Crippen molar-refractivity contribution in [2.45, 2.75) is 40.3 Å². The molecule has 0 radical (unpaired) electrons. The maximum Gasteiger partial charge on any atom is 0.283 e. The standard InChI is InChI=1S/C19H19Br2F2N5O/c1-10-16(20)11(2)27(25-10)8-13-5-4-6-14(7-13)24-15(29)9-28-12(3)17(21)18(26-28)19(22)23/h4-7,19H,8-9H2,1-3H3,(H,24,29). The van der Waals surface area contributed by atoms with Crippen LogP contribution in [0.3, 0.4) is 0 Å². The first-order valence-corrected chi connectivity index (χ1v) is 10.3. The summed E-state index contributed by atoms with van der Waals surface area (Å²) < 4.78 is 30.3. The first kappa shape index (κ1) is 21.6. The molecule has 0 aliphatic heterocycles. The number of aromatic nitrogens is 4. The highest BCUT2D eigenvalue weighted by Crippen LogP contribution is 2.29. The monoisotopic (exact) mass is 529 g/mol. The third-order valence-electron chi connectivity index (χ3n) is 4.49. The van der Waals surface area contributed by atoms with Gasteiger partial charge in [0.05, 0.1) is 32.6 Å². The number of amides is 1. The lowest BCUT2D eigenvalue weighted by Crippen LogP contribution is -2.20. The topological polar surface area (TPSA) is 64.7 Å². The van der Waals surface area contributed by atoms with E-state index in [0.29, 0.717) is 17.9 Å². The van der Waals surface area contributed by atoms with Crippen LogP contribution >= 0.6 is 31.9 Å². The van der Waals surface area contributed by atoms with E-state index in [2.05, 4.69) is 47.4 Å². The molecule has 0 saturated heterocycles. The van der Waals surface area contributed by atoms with Gasteiger partial charge in [-0.05, 0) is 70.3 Å². The molecule has 0 aliphatic rings. The van der Waals surface area contributed by atoms with Gasteiger partial charge in [-0.1, -0.05) is 12.1 Å². The maximum absolute atomic E-state index is 13.0. The molecule has 0 unspecified atom stereocenters. The third-order valence-corrected chi connectivity index (χ3v) is 6.62. The van der Waals surface area contributed by atoms with Crippen molar-refractivity contribution < 1.29 is 13.6 Å². The minimum absolute atomic E-state index is 0.161. The first-order chi connectivity index (χ1) is 13.7. The fraction of sp³-hybridized carbons (Fsp3) is 0.316. The molecule has 154 valence electrons. The second-order valence-corrected chi connectivity index (χ2v) is 8.22. The van der Waals surface area contributed by atoms with Gasteiger partial charge in [0.15, 0.2) is 0 Å². The normalized spacial score (nSPS) is 11.3. The molecule has 10 heteroatoms. The van der Waals surface area contributed by atoms with Gasteiger partial charge in [0, 0.05) is 5.69 Å². The van der Waals surface area contributed by atoms with Crippen LogP contribution in [0.4, 0.5) is 14.5 Å². The summed E-state index contributed by atoms with van der Waals surface area (Å²) in [6, 6.07) is 7.42. The third kappa shape index (κ3) is 4.75. The molecule has 29 heavy (non-hydrogen) atoms. The molecule has 0 spiro atoms. The van der Waals surface area contributed by atoms with Gasteiger partial charge in [0.2, 0.25) is 5.91 Å². The number of rotatable bonds is 6. The zero-order valence-electron chi connectivity index (χ0n) is 16.0. The van der Waals surface area contributed by atoms with Crippen molar-refractivity contribution in [1.82, 2.24) is 19.6 Å². The van der Waals surface area contributed by atoms with Crippen molar-refractivity contribution in [3.05, 3.63) is 61.6 Å². The average Bonchev–Trinajstić information content (AvgIpc) is 3.07. The number of benzene rings is 1. The van der Waals surface area contributed by atoms with Crippen molar-refractivity contribution in [3.8, 4) is 0 Å². The van der Waals surface area contributed by atoms with Gasteiger partial charge in [-0.3, -0.25) is 14.2 Å². The predicted molar refractivity (Wildman–Crippen MR) is 113 cm³/mol. The number of halogens is 4. The molecule has 2 heterocycles. The average molecular weight is 531 g/mol. The van der Waals surface area contributed by atoms with Gasteiger partial charge < -0.3 is 5.32 Å². The lowest BCUT2D eigenvalue weighted by atomic mass is 10.2. The lowest BCUT2D eigenvalue weighted by Gasteiger charge is -2.10. The Labute approximate surface area is 183 Å². The Bertz CT molecular complexity index is 1060. The SMILES string of the molecule is Cc1nn(Cc2cccc(NC(=O)Cn3nc(C(F)F)c(Br)c3C)c2)c(C)c1Br. The summed E-state index contributed by atoms with van der Waals surface area (Å²) >= 11 is 6.62. The van der Waals surface area contributed by atoms with Gasteiger partial charge >= 0.3 is 0 Å². The molecule has 1 N–H and O–H groups in total. The van der Waals surface area contributed by atoms with Gasteiger partial charge in [-0.25, -0.2) is 8.78 Å². The molecule has 0 aliphatic carbocycles. The molecule has 0 fully saturated rings. The summed E-state index contributed by atoms with van der Waals surface area (Å²) in [6.07, 6.45) is -2.71. The highest BCUT2D eigenvalue weighted by Gasteiger charge is 2.21. The van der Waals surface area contributed by atoms with Crippen molar-refractivity contribution in [3.63, 3.8) is 0 Å². The van der Waals surface area contributed by atoms with Gasteiger partial charge in [0.1, 0.15) is 12.2 Å². The molecule has 3 rings (SSSR count). The zero-order valence-corrected chi connectivity index (χ0v) is 19.2. The van der Waals surface area contributed by atoms with Crippen molar-refractivity contribution in [1.29, 1.82) is 0 Å². The minimum atomic E-state index is -2.71. The number of nitrogens with one attached hydrogen (secondary N) is 1. The number of carbonyl (C=O) groups excluding carboxylic acids is 1. The molecule has 3 aromatic rings. The van der Waals surface area contributed by atoms with Crippen molar-refractivity contribution in [2.24, 2.45) is 0 Å². The molecule has 6 nitrogen and oxygen atoms in total. The van der Waals surface area contributed by atoms with Crippen LogP contribution in [0.1, 0.15) is 34.8 Å². The molecule has 0 bridgehead atoms. The number of carbonyl (C=O) groups is 1. The molecular weight excluding hydrogens is 512 g/mol. The van der Waals surface area contributed by atoms with Crippen LogP contribution in [0.5, 0.6) is 0 Å². The smallest absolute Gasteiger partial charge is 0.283 e. The van der Waals surface area contributed by atoms with E-state index >= 15 is 0 Å². The second kappa shape index (κ2) is 8.74. The van der Waals surface area contributed by atoms with Gasteiger partial charge in [0.25, 0.3) is 6.43 Å². The van der Waals surface area contributed by atoms with Crippen molar-refractivity contribution in [2.75, 3.05) is 5.32 Å². The van der Waals surface area contributed by atoms with E-state index in [1.807, 2.05) is 36.7 Å². The molecular formula is C19H19Br2F2N5O. The Morgan fingerprint density at radius 2 is 1.79 bits per heavy atom. The summed E-state index contributed by atoms with van der Waals surface area (Å²) in [5.74, 6) is -0.352. The molecule has 0 saturated carbocycles. The van der Waals surface area contributed by atoms with Crippen molar-refractivity contribution >= 4 is 43.5 Å². The van der Waals surface area contributed by atoms with Crippen LogP contribution in [0.2, 0.25) is 0 Å². The number of aryl methyl sites for hydroxylation is 1. The van der Waals surface area contributed by atoms with E-state index < -0.39 is 6.43 Å². The molecule has 1 aromatic carbocycles. The summed E-state index contributed by atoms with van der Waals surface area (Å²) in [6.45, 7) is 5.94. The second-order valence-electron chi connectivity index (χ2n) is 6.63. The fourth-order valence-corrected chi connectivity index (χ4v) is 3.67. The highest BCUT2D eigenvalue weighted by molar-refractivity contribution is 9.10. The Kier molecular flexibility index (Phi) is 6.52. The van der Waals surface area contributed by atoms with Gasteiger partial charge in [-0.2, -0.15) is 10.2 Å². The number of anilines is 1.